The van der Waals surface area contributed by atoms with Crippen LogP contribution >= 0.6 is 11.6 Å². The van der Waals surface area contributed by atoms with Gasteiger partial charge in [0.05, 0.1) is 12.5 Å². The SMILES string of the molecule is Cc1c(C(=O)NC(Cc2ccc(OCc3ccoc3)cc2)C(=O)O)oc2ccc(-c3ccc(Cl)cc3)cc12. The highest BCUT2D eigenvalue weighted by Crippen LogP contribution is 2.31. The summed E-state index contributed by atoms with van der Waals surface area (Å²) in [4.78, 5) is 25.0. The van der Waals surface area contributed by atoms with Crippen molar-refractivity contribution in [2.45, 2.75) is 26.0 Å². The van der Waals surface area contributed by atoms with E-state index in [1.54, 1.807) is 49.8 Å². The van der Waals surface area contributed by atoms with Crippen LogP contribution in [0.4, 0.5) is 0 Å². The number of nitrogens with one attached hydrogen (secondary N) is 1. The lowest BCUT2D eigenvalue weighted by Gasteiger charge is -2.14. The molecule has 7 nitrogen and oxygen atoms in total. The zero-order valence-corrected chi connectivity index (χ0v) is 21.2. The summed E-state index contributed by atoms with van der Waals surface area (Å²) in [5.74, 6) is -0.999. The normalized spacial score (nSPS) is 11.8. The highest BCUT2D eigenvalue weighted by molar-refractivity contribution is 6.30. The number of aliphatic carboxylic acids is 1. The average molecular weight is 530 g/mol. The van der Waals surface area contributed by atoms with E-state index in [0.717, 1.165) is 27.6 Å². The van der Waals surface area contributed by atoms with Gasteiger partial charge in [0.2, 0.25) is 0 Å². The van der Waals surface area contributed by atoms with Crippen molar-refractivity contribution < 1.29 is 28.3 Å². The summed E-state index contributed by atoms with van der Waals surface area (Å²) in [6, 6.07) is 20.9. The topological polar surface area (TPSA) is 102 Å². The number of fused-ring (bicyclic) bond motifs is 1. The third-order valence-corrected chi connectivity index (χ3v) is 6.52. The molecule has 192 valence electrons. The minimum absolute atomic E-state index is 0.0856. The molecular formula is C30H24ClNO6. The Hall–Kier alpha value is -4.49. The van der Waals surface area contributed by atoms with Crippen molar-refractivity contribution in [3.8, 4) is 16.9 Å². The molecule has 1 atom stereocenters. The molecule has 0 aliphatic carbocycles. The molecular weight excluding hydrogens is 506 g/mol. The first-order chi connectivity index (χ1) is 18.4. The van der Waals surface area contributed by atoms with Gasteiger partial charge in [-0.2, -0.15) is 0 Å². The maximum atomic E-state index is 13.1. The number of furan rings is 2. The van der Waals surface area contributed by atoms with Gasteiger partial charge in [-0.3, -0.25) is 4.79 Å². The Morgan fingerprint density at radius 1 is 0.974 bits per heavy atom. The Bertz CT molecular complexity index is 1570. The fourth-order valence-corrected chi connectivity index (χ4v) is 4.31. The van der Waals surface area contributed by atoms with Crippen molar-refractivity contribution in [1.82, 2.24) is 5.32 Å². The van der Waals surface area contributed by atoms with Gasteiger partial charge in [0, 0.05) is 28.0 Å². The Morgan fingerprint density at radius 3 is 2.39 bits per heavy atom. The third kappa shape index (κ3) is 5.58. The predicted octanol–water partition coefficient (Wildman–Crippen LogP) is 6.66. The molecule has 3 aromatic carbocycles. The minimum atomic E-state index is -1.14. The van der Waals surface area contributed by atoms with Crippen molar-refractivity contribution in [3.05, 3.63) is 113 Å². The molecule has 5 aromatic rings. The van der Waals surface area contributed by atoms with E-state index >= 15 is 0 Å². The van der Waals surface area contributed by atoms with Crippen LogP contribution < -0.4 is 10.1 Å². The molecule has 2 aromatic heterocycles. The molecule has 1 amide bonds. The summed E-state index contributed by atoms with van der Waals surface area (Å²) >= 11 is 6.00. The summed E-state index contributed by atoms with van der Waals surface area (Å²) < 4.78 is 16.5. The van der Waals surface area contributed by atoms with E-state index < -0.39 is 17.9 Å². The maximum Gasteiger partial charge on any atom is 0.326 e. The number of carboxylic acids is 1. The van der Waals surface area contributed by atoms with E-state index in [2.05, 4.69) is 5.32 Å². The number of hydrogen-bond donors (Lipinski definition) is 2. The Balaban J connectivity index is 1.28. The van der Waals surface area contributed by atoms with Crippen molar-refractivity contribution in [3.63, 3.8) is 0 Å². The molecule has 0 aliphatic rings. The van der Waals surface area contributed by atoms with Gasteiger partial charge in [-0.25, -0.2) is 4.79 Å². The average Bonchev–Trinajstić information content (AvgIpc) is 3.56. The molecule has 0 aliphatic heterocycles. The lowest BCUT2D eigenvalue weighted by molar-refractivity contribution is -0.139. The largest absolute Gasteiger partial charge is 0.489 e. The molecule has 2 N–H and O–H groups in total. The number of amides is 1. The predicted molar refractivity (Wildman–Crippen MR) is 143 cm³/mol. The van der Waals surface area contributed by atoms with Crippen LogP contribution in [-0.2, 0) is 17.8 Å². The van der Waals surface area contributed by atoms with Crippen LogP contribution in [-0.4, -0.2) is 23.0 Å². The van der Waals surface area contributed by atoms with E-state index in [1.165, 1.54) is 0 Å². The van der Waals surface area contributed by atoms with Crippen LogP contribution in [0.25, 0.3) is 22.1 Å². The molecule has 1 unspecified atom stereocenters. The number of hydrogen-bond acceptors (Lipinski definition) is 5. The Kier molecular flexibility index (Phi) is 7.20. The first-order valence-electron chi connectivity index (χ1n) is 11.9. The van der Waals surface area contributed by atoms with Gasteiger partial charge in [-0.05, 0) is 66.1 Å². The van der Waals surface area contributed by atoms with Crippen LogP contribution in [0.5, 0.6) is 5.75 Å². The fraction of sp³-hybridized carbons (Fsp3) is 0.133. The molecule has 2 heterocycles. The van der Waals surface area contributed by atoms with Crippen molar-refractivity contribution in [2.75, 3.05) is 0 Å². The summed E-state index contributed by atoms with van der Waals surface area (Å²) in [5.41, 5.74) is 4.75. The molecule has 38 heavy (non-hydrogen) atoms. The number of benzene rings is 3. The number of carbonyl (C=O) groups excluding carboxylic acids is 1. The van der Waals surface area contributed by atoms with Gasteiger partial charge in [-0.1, -0.05) is 41.9 Å². The van der Waals surface area contributed by atoms with E-state index in [0.29, 0.717) is 28.5 Å². The van der Waals surface area contributed by atoms with Gasteiger partial charge < -0.3 is 24.0 Å². The molecule has 0 radical (unpaired) electrons. The number of carbonyl (C=O) groups is 2. The van der Waals surface area contributed by atoms with E-state index in [9.17, 15) is 14.7 Å². The quantitative estimate of drug-likeness (QED) is 0.221. The molecule has 0 saturated heterocycles. The smallest absolute Gasteiger partial charge is 0.326 e. The second-order valence-corrected chi connectivity index (χ2v) is 9.34. The fourth-order valence-electron chi connectivity index (χ4n) is 4.18. The summed E-state index contributed by atoms with van der Waals surface area (Å²) in [6.45, 7) is 2.14. The Labute approximate surface area is 223 Å². The second-order valence-electron chi connectivity index (χ2n) is 8.91. The van der Waals surface area contributed by atoms with Crippen molar-refractivity contribution in [1.29, 1.82) is 0 Å². The summed E-state index contributed by atoms with van der Waals surface area (Å²) in [7, 11) is 0. The van der Waals surface area contributed by atoms with E-state index in [1.807, 2.05) is 42.5 Å². The first-order valence-corrected chi connectivity index (χ1v) is 12.3. The lowest BCUT2D eigenvalue weighted by Crippen LogP contribution is -2.42. The number of aryl methyl sites for hydroxylation is 1. The number of rotatable bonds is 9. The van der Waals surface area contributed by atoms with Crippen LogP contribution in [0.1, 0.15) is 27.2 Å². The molecule has 8 heteroatoms. The zero-order valence-electron chi connectivity index (χ0n) is 20.4. The molecule has 0 bridgehead atoms. The highest BCUT2D eigenvalue weighted by atomic mass is 35.5. The van der Waals surface area contributed by atoms with E-state index in [4.69, 9.17) is 25.2 Å². The van der Waals surface area contributed by atoms with Crippen LogP contribution in [0.2, 0.25) is 5.02 Å². The summed E-state index contributed by atoms with van der Waals surface area (Å²) in [5, 5.41) is 13.8. The monoisotopic (exact) mass is 529 g/mol. The molecule has 0 saturated carbocycles. The van der Waals surface area contributed by atoms with Gasteiger partial charge in [0.25, 0.3) is 5.91 Å². The standard InChI is InChI=1S/C30H24ClNO6/c1-18-25-15-22(21-4-7-23(31)8-5-21)6-11-27(25)38-28(18)29(33)32-26(30(34)35)14-19-2-9-24(10-3-19)37-17-20-12-13-36-16-20/h2-13,15-16,26H,14,17H2,1H3,(H,32,33)(H,34,35). The molecule has 0 fully saturated rings. The second kappa shape index (κ2) is 10.9. The van der Waals surface area contributed by atoms with E-state index in [-0.39, 0.29) is 12.2 Å². The number of halogens is 1. The minimum Gasteiger partial charge on any atom is -0.489 e. The van der Waals surface area contributed by atoms with Gasteiger partial charge in [0.1, 0.15) is 24.0 Å². The first kappa shape index (κ1) is 25.2. The van der Waals surface area contributed by atoms with Crippen LogP contribution in [0.15, 0.2) is 94.2 Å². The number of ether oxygens (including phenoxy) is 1. The third-order valence-electron chi connectivity index (χ3n) is 6.27. The van der Waals surface area contributed by atoms with Gasteiger partial charge in [0.15, 0.2) is 5.76 Å². The van der Waals surface area contributed by atoms with Crippen molar-refractivity contribution in [2.24, 2.45) is 0 Å². The maximum absolute atomic E-state index is 13.1. The summed E-state index contributed by atoms with van der Waals surface area (Å²) in [6.07, 6.45) is 3.29. The highest BCUT2D eigenvalue weighted by Gasteiger charge is 2.25. The molecule has 0 spiro atoms. The lowest BCUT2D eigenvalue weighted by atomic mass is 10.0. The van der Waals surface area contributed by atoms with Crippen LogP contribution in [0.3, 0.4) is 0 Å². The number of carboxylic acid groups (broad SMARTS) is 1. The van der Waals surface area contributed by atoms with Gasteiger partial charge in [-0.15, -0.1) is 0 Å². The zero-order chi connectivity index (χ0) is 26.6. The molecule has 5 rings (SSSR count). The van der Waals surface area contributed by atoms with Crippen LogP contribution in [0, 0.1) is 6.92 Å². The van der Waals surface area contributed by atoms with Gasteiger partial charge >= 0.3 is 5.97 Å². The Morgan fingerprint density at radius 2 is 1.71 bits per heavy atom. The van der Waals surface area contributed by atoms with Crippen molar-refractivity contribution >= 4 is 34.4 Å².